The summed E-state index contributed by atoms with van der Waals surface area (Å²) in [5, 5.41) is 0. The number of carbonyl (C=O) groups excluding carboxylic acids is 1. The highest BCUT2D eigenvalue weighted by Gasteiger charge is 2.24. The van der Waals surface area contributed by atoms with Crippen LogP contribution in [0.1, 0.15) is 171 Å². The molecule has 1 aromatic heterocycles. The average Bonchev–Trinajstić information content (AvgIpc) is 3.61. The van der Waals surface area contributed by atoms with E-state index in [1.807, 2.05) is 18.7 Å². The number of aromatic nitrogens is 2. The Hall–Kier alpha value is -2.40. The van der Waals surface area contributed by atoms with E-state index in [0.29, 0.717) is 18.8 Å². The fraction of sp³-hybridized carbons (Fsp3) is 0.610. The Morgan fingerprint density at radius 3 is 1.98 bits per heavy atom. The van der Waals surface area contributed by atoms with Crippen LogP contribution in [0.4, 0.5) is 0 Å². The molecule has 0 amide bonds. The van der Waals surface area contributed by atoms with Crippen molar-refractivity contribution in [3.05, 3.63) is 82.3 Å². The number of hydrogen-bond donors (Lipinski definition) is 0. The molecule has 3 rings (SSSR count). The third-order valence-electron chi connectivity index (χ3n) is 9.31. The molecule has 0 N–H and O–H groups in total. The van der Waals surface area contributed by atoms with Crippen LogP contribution in [-0.2, 0) is 11.4 Å². The Labute approximate surface area is 289 Å². The van der Waals surface area contributed by atoms with Crippen molar-refractivity contribution in [2.24, 2.45) is 0 Å². The number of imidazole rings is 1. The summed E-state index contributed by atoms with van der Waals surface area (Å²) in [6.45, 7) is 7.22. The first-order valence-electron chi connectivity index (χ1n) is 18.6. The summed E-state index contributed by atoms with van der Waals surface area (Å²) in [7, 11) is 0. The van der Waals surface area contributed by atoms with Gasteiger partial charge in [-0.1, -0.05) is 151 Å². The van der Waals surface area contributed by atoms with Crippen molar-refractivity contribution < 1.29 is 9.53 Å². The van der Waals surface area contributed by atoms with Crippen molar-refractivity contribution in [2.75, 3.05) is 0 Å². The zero-order valence-electron chi connectivity index (χ0n) is 29.2. The largest absolute Gasteiger partial charge is 0.489 e. The lowest BCUT2D eigenvalue weighted by Crippen LogP contribution is -2.16. The smallest absolute Gasteiger partial charge is 0.140 e. The Bertz CT molecular complexity index is 1210. The van der Waals surface area contributed by atoms with E-state index >= 15 is 0 Å². The van der Waals surface area contributed by atoms with Crippen LogP contribution in [0, 0.1) is 0 Å². The van der Waals surface area contributed by atoms with E-state index in [1.54, 1.807) is 0 Å². The molecule has 0 aliphatic heterocycles. The van der Waals surface area contributed by atoms with Crippen molar-refractivity contribution in [1.82, 2.24) is 9.55 Å². The van der Waals surface area contributed by atoms with Crippen molar-refractivity contribution >= 4 is 21.7 Å². The van der Waals surface area contributed by atoms with E-state index in [0.717, 1.165) is 71.9 Å². The molecule has 5 heteroatoms. The third-order valence-corrected chi connectivity index (χ3v) is 9.84. The molecule has 0 saturated heterocycles. The molecule has 254 valence electrons. The highest BCUT2D eigenvalue weighted by Crippen LogP contribution is 2.36. The van der Waals surface area contributed by atoms with Crippen molar-refractivity contribution in [2.45, 2.75) is 161 Å². The maximum Gasteiger partial charge on any atom is 0.140 e. The number of rotatable bonds is 26. The molecule has 0 radical (unpaired) electrons. The Balaban J connectivity index is 1.62. The van der Waals surface area contributed by atoms with Gasteiger partial charge in [-0.2, -0.15) is 0 Å². The summed E-state index contributed by atoms with van der Waals surface area (Å²) in [4.78, 5) is 18.1. The topological polar surface area (TPSA) is 44.1 Å². The fourth-order valence-electron chi connectivity index (χ4n) is 6.52. The van der Waals surface area contributed by atoms with Gasteiger partial charge in [0.1, 0.15) is 18.1 Å². The van der Waals surface area contributed by atoms with Crippen molar-refractivity contribution in [3.63, 3.8) is 0 Å². The standard InChI is InChI=1S/C41H61BrN2O2/c1-4-7-9-10-11-12-13-14-15-16-17-18-19-22-40(45)37(21-8-5-2)35-25-28-41(46-32-34-23-26-36(42)27-24-34)38(31-35)39(20-6-3)44-30-29-43-33-44/h23-31,33,37,39H,4-22,32H2,1-3H3. The van der Waals surface area contributed by atoms with Crippen LogP contribution in [0.3, 0.4) is 0 Å². The molecule has 0 saturated carbocycles. The fourth-order valence-corrected chi connectivity index (χ4v) is 6.79. The van der Waals surface area contributed by atoms with E-state index in [1.165, 1.54) is 70.6 Å². The van der Waals surface area contributed by atoms with Gasteiger partial charge in [-0.3, -0.25) is 4.79 Å². The minimum absolute atomic E-state index is 0.0541. The second kappa shape index (κ2) is 23.0. The first kappa shape index (κ1) is 38.1. The molecule has 0 bridgehead atoms. The quantitative estimate of drug-likeness (QED) is 0.0786. The summed E-state index contributed by atoms with van der Waals surface area (Å²) in [5.74, 6) is 1.24. The van der Waals surface area contributed by atoms with Crippen LogP contribution >= 0.6 is 15.9 Å². The van der Waals surface area contributed by atoms with Crippen LogP contribution in [0.25, 0.3) is 0 Å². The van der Waals surface area contributed by atoms with Gasteiger partial charge in [-0.25, -0.2) is 4.98 Å². The molecule has 0 spiro atoms. The minimum Gasteiger partial charge on any atom is -0.489 e. The van der Waals surface area contributed by atoms with Crippen molar-refractivity contribution in [3.8, 4) is 5.75 Å². The monoisotopic (exact) mass is 692 g/mol. The molecular weight excluding hydrogens is 632 g/mol. The summed E-state index contributed by atoms with van der Waals surface area (Å²) >= 11 is 3.53. The number of ether oxygens (including phenoxy) is 1. The second-order valence-corrected chi connectivity index (χ2v) is 14.1. The first-order valence-corrected chi connectivity index (χ1v) is 19.4. The van der Waals surface area contributed by atoms with Gasteiger partial charge in [0.05, 0.1) is 12.4 Å². The Morgan fingerprint density at radius 1 is 0.761 bits per heavy atom. The molecule has 2 atom stereocenters. The number of halogens is 1. The van der Waals surface area contributed by atoms with Gasteiger partial charge < -0.3 is 9.30 Å². The van der Waals surface area contributed by atoms with E-state index in [-0.39, 0.29) is 12.0 Å². The molecule has 4 nitrogen and oxygen atoms in total. The van der Waals surface area contributed by atoms with Gasteiger partial charge >= 0.3 is 0 Å². The van der Waals surface area contributed by atoms with Gasteiger partial charge in [0.2, 0.25) is 0 Å². The van der Waals surface area contributed by atoms with E-state index < -0.39 is 0 Å². The lowest BCUT2D eigenvalue weighted by molar-refractivity contribution is -0.120. The van der Waals surface area contributed by atoms with Gasteiger partial charge in [-0.05, 0) is 54.7 Å². The number of unbranched alkanes of at least 4 members (excludes halogenated alkanes) is 13. The SMILES string of the molecule is CCCCCCCCCCCCCCCC(=O)C(CCCC)c1ccc(OCc2ccc(Br)cc2)c(C(CCC)n2ccnc2)c1. The Morgan fingerprint density at radius 2 is 1.39 bits per heavy atom. The number of benzene rings is 2. The molecule has 3 aromatic rings. The lowest BCUT2D eigenvalue weighted by atomic mass is 9.85. The molecule has 2 aromatic carbocycles. The predicted octanol–water partition coefficient (Wildman–Crippen LogP) is 12.9. The van der Waals surface area contributed by atoms with Crippen LogP contribution in [0.15, 0.2) is 65.7 Å². The van der Waals surface area contributed by atoms with Crippen molar-refractivity contribution in [1.29, 1.82) is 0 Å². The van der Waals surface area contributed by atoms with Crippen LogP contribution < -0.4 is 4.74 Å². The van der Waals surface area contributed by atoms with Gasteiger partial charge in [-0.15, -0.1) is 0 Å². The summed E-state index contributed by atoms with van der Waals surface area (Å²) in [6, 6.07) is 14.9. The second-order valence-electron chi connectivity index (χ2n) is 13.2. The third kappa shape index (κ3) is 13.8. The van der Waals surface area contributed by atoms with E-state index in [2.05, 4.69) is 88.7 Å². The highest BCUT2D eigenvalue weighted by atomic mass is 79.9. The maximum absolute atomic E-state index is 13.8. The van der Waals surface area contributed by atoms with Crippen LogP contribution in [-0.4, -0.2) is 15.3 Å². The van der Waals surface area contributed by atoms with Crippen LogP contribution in [0.5, 0.6) is 5.75 Å². The molecule has 0 aliphatic carbocycles. The Kier molecular flexibility index (Phi) is 19.0. The number of ketones is 1. The highest BCUT2D eigenvalue weighted by molar-refractivity contribution is 9.10. The van der Waals surface area contributed by atoms with Gasteiger partial charge in [0.25, 0.3) is 0 Å². The molecular formula is C41H61BrN2O2. The molecule has 0 aliphatic rings. The van der Waals surface area contributed by atoms with Crippen LogP contribution in [0.2, 0.25) is 0 Å². The normalized spacial score (nSPS) is 12.7. The predicted molar refractivity (Wildman–Crippen MR) is 198 cm³/mol. The zero-order valence-corrected chi connectivity index (χ0v) is 30.7. The number of Topliss-reactive ketones (excluding diaryl/α,β-unsaturated/α-hetero) is 1. The molecule has 46 heavy (non-hydrogen) atoms. The summed E-state index contributed by atoms with van der Waals surface area (Å²) in [5.41, 5.74) is 3.41. The zero-order chi connectivity index (χ0) is 32.8. The van der Waals surface area contributed by atoms with Gasteiger partial charge in [0, 0.05) is 34.8 Å². The van der Waals surface area contributed by atoms with E-state index in [4.69, 9.17) is 4.74 Å². The number of hydrogen-bond acceptors (Lipinski definition) is 3. The maximum atomic E-state index is 13.8. The minimum atomic E-state index is -0.0541. The summed E-state index contributed by atoms with van der Waals surface area (Å²) < 4.78 is 9.73. The summed E-state index contributed by atoms with van der Waals surface area (Å²) in [6.07, 6.45) is 28.7. The molecule has 2 unspecified atom stereocenters. The molecule has 0 fully saturated rings. The molecule has 1 heterocycles. The average molecular weight is 694 g/mol. The first-order chi connectivity index (χ1) is 22.6. The number of nitrogens with zero attached hydrogens (tertiary/aromatic N) is 2. The van der Waals surface area contributed by atoms with Gasteiger partial charge in [0.15, 0.2) is 0 Å². The number of carbonyl (C=O) groups is 1. The van der Waals surface area contributed by atoms with E-state index in [9.17, 15) is 4.79 Å². The lowest BCUT2D eigenvalue weighted by Gasteiger charge is -2.24.